The largest absolute Gasteiger partial charge is 0.354 e. The van der Waals surface area contributed by atoms with Gasteiger partial charge in [0.15, 0.2) is 0 Å². The molecule has 1 atom stereocenters. The highest BCUT2D eigenvalue weighted by molar-refractivity contribution is 5.76. The second-order valence-electron chi connectivity index (χ2n) is 4.89. The average Bonchev–Trinajstić information content (AvgIpc) is 2.25. The van der Waals surface area contributed by atoms with Gasteiger partial charge in [-0.2, -0.15) is 0 Å². The van der Waals surface area contributed by atoms with Crippen LogP contribution >= 0.6 is 0 Å². The van der Waals surface area contributed by atoms with E-state index >= 15 is 0 Å². The van der Waals surface area contributed by atoms with Gasteiger partial charge in [-0.25, -0.2) is 0 Å². The molecule has 1 heterocycles. The first kappa shape index (κ1) is 13.5. The maximum Gasteiger partial charge on any atom is 0.221 e. The van der Waals surface area contributed by atoms with Crippen LogP contribution in [0.4, 0.5) is 0 Å². The van der Waals surface area contributed by atoms with E-state index in [0.717, 1.165) is 32.1 Å². The van der Waals surface area contributed by atoms with Gasteiger partial charge in [-0.15, -0.1) is 0 Å². The zero-order valence-electron chi connectivity index (χ0n) is 10.5. The Morgan fingerprint density at radius 3 is 2.94 bits per heavy atom. The van der Waals surface area contributed by atoms with Gasteiger partial charge in [0.1, 0.15) is 0 Å². The van der Waals surface area contributed by atoms with Crippen LogP contribution in [0.3, 0.4) is 0 Å². The molecule has 4 heteroatoms. The van der Waals surface area contributed by atoms with Crippen molar-refractivity contribution in [2.45, 2.75) is 39.2 Å². The number of piperidine rings is 1. The minimum absolute atomic E-state index is 0.143. The minimum atomic E-state index is 0.143. The maximum atomic E-state index is 11.3. The molecule has 1 fully saturated rings. The summed E-state index contributed by atoms with van der Waals surface area (Å²) in [6, 6.07) is 0.245. The summed E-state index contributed by atoms with van der Waals surface area (Å²) in [7, 11) is 0. The van der Waals surface area contributed by atoms with Gasteiger partial charge >= 0.3 is 0 Å². The Balaban J connectivity index is 1.96. The zero-order valence-corrected chi connectivity index (χ0v) is 10.5. The Labute approximate surface area is 98.6 Å². The fourth-order valence-corrected chi connectivity index (χ4v) is 2.00. The molecule has 0 aromatic heterocycles. The van der Waals surface area contributed by atoms with Crippen LogP contribution in [0.5, 0.6) is 0 Å². The number of rotatable bonds is 6. The Kier molecular flexibility index (Phi) is 6.42. The van der Waals surface area contributed by atoms with Crippen molar-refractivity contribution in [3.8, 4) is 0 Å². The first-order chi connectivity index (χ1) is 7.68. The number of hydrogen-bond acceptors (Lipinski definition) is 3. The van der Waals surface area contributed by atoms with E-state index in [4.69, 9.17) is 0 Å². The Hall–Kier alpha value is -0.610. The minimum Gasteiger partial charge on any atom is -0.354 e. The molecular formula is C12H25N3O. The lowest BCUT2D eigenvalue weighted by atomic mass is 10.00. The van der Waals surface area contributed by atoms with E-state index < -0.39 is 0 Å². The fourth-order valence-electron chi connectivity index (χ4n) is 2.00. The molecule has 0 aliphatic carbocycles. The predicted molar refractivity (Wildman–Crippen MR) is 66.4 cm³/mol. The fraction of sp³-hybridized carbons (Fsp3) is 0.917. The number of hydrogen-bond donors (Lipinski definition) is 3. The van der Waals surface area contributed by atoms with Crippen LogP contribution in [0.25, 0.3) is 0 Å². The molecule has 0 spiro atoms. The van der Waals surface area contributed by atoms with Crippen molar-refractivity contribution < 1.29 is 4.79 Å². The van der Waals surface area contributed by atoms with Crippen molar-refractivity contribution >= 4 is 5.91 Å². The molecule has 94 valence electrons. The molecule has 1 unspecified atom stereocenters. The van der Waals surface area contributed by atoms with Gasteiger partial charge in [0.2, 0.25) is 5.91 Å². The molecule has 1 amide bonds. The molecule has 1 saturated heterocycles. The molecule has 0 bridgehead atoms. The van der Waals surface area contributed by atoms with E-state index in [1.807, 2.05) is 13.8 Å². The summed E-state index contributed by atoms with van der Waals surface area (Å²) in [6.07, 6.45) is 3.16. The maximum absolute atomic E-state index is 11.3. The smallest absolute Gasteiger partial charge is 0.221 e. The highest BCUT2D eigenvalue weighted by atomic mass is 16.1. The van der Waals surface area contributed by atoms with E-state index in [0.29, 0.717) is 6.42 Å². The summed E-state index contributed by atoms with van der Waals surface area (Å²) in [5.74, 6) is 0.881. The van der Waals surface area contributed by atoms with E-state index in [2.05, 4.69) is 16.0 Å². The molecular weight excluding hydrogens is 202 g/mol. The van der Waals surface area contributed by atoms with Gasteiger partial charge in [0.05, 0.1) is 0 Å². The number of amides is 1. The Bertz CT molecular complexity index is 200. The van der Waals surface area contributed by atoms with Crippen LogP contribution in [0.15, 0.2) is 0 Å². The number of nitrogens with one attached hydrogen (secondary N) is 3. The van der Waals surface area contributed by atoms with Crippen molar-refractivity contribution in [1.82, 2.24) is 16.0 Å². The van der Waals surface area contributed by atoms with Crippen molar-refractivity contribution in [3.05, 3.63) is 0 Å². The summed E-state index contributed by atoms with van der Waals surface area (Å²) >= 11 is 0. The van der Waals surface area contributed by atoms with E-state index in [9.17, 15) is 4.79 Å². The van der Waals surface area contributed by atoms with Crippen LogP contribution in [0, 0.1) is 5.92 Å². The lowest BCUT2D eigenvalue weighted by molar-refractivity contribution is -0.121. The quantitative estimate of drug-likeness (QED) is 0.579. The predicted octanol–water partition coefficient (Wildman–Crippen LogP) is 0.490. The number of carbonyl (C=O) groups excluding carboxylic acids is 1. The third-order valence-corrected chi connectivity index (χ3v) is 2.81. The standard InChI is InChI=1S/C12H25N3O/c1-10(2)15-12(16)5-7-14-9-11-4-3-6-13-8-11/h10-11,13-14H,3-9H2,1-2H3,(H,15,16). The van der Waals surface area contributed by atoms with Crippen LogP contribution in [0.1, 0.15) is 33.1 Å². The van der Waals surface area contributed by atoms with Crippen molar-refractivity contribution in [2.75, 3.05) is 26.2 Å². The first-order valence-corrected chi connectivity index (χ1v) is 6.39. The van der Waals surface area contributed by atoms with Crippen molar-refractivity contribution in [2.24, 2.45) is 5.92 Å². The molecule has 1 aliphatic heterocycles. The van der Waals surface area contributed by atoms with E-state index in [1.165, 1.54) is 12.8 Å². The molecule has 1 aliphatic rings. The van der Waals surface area contributed by atoms with Crippen LogP contribution in [-0.4, -0.2) is 38.1 Å². The molecule has 3 N–H and O–H groups in total. The summed E-state index contributed by atoms with van der Waals surface area (Å²) in [6.45, 7) is 8.06. The van der Waals surface area contributed by atoms with E-state index in [-0.39, 0.29) is 11.9 Å². The summed E-state index contributed by atoms with van der Waals surface area (Å²) in [5.41, 5.74) is 0. The highest BCUT2D eigenvalue weighted by Gasteiger charge is 2.12. The van der Waals surface area contributed by atoms with E-state index in [1.54, 1.807) is 0 Å². The van der Waals surface area contributed by atoms with Gasteiger partial charge < -0.3 is 16.0 Å². The zero-order chi connectivity index (χ0) is 11.8. The average molecular weight is 227 g/mol. The van der Waals surface area contributed by atoms with Gasteiger partial charge in [-0.3, -0.25) is 4.79 Å². The van der Waals surface area contributed by atoms with Crippen LogP contribution < -0.4 is 16.0 Å². The van der Waals surface area contributed by atoms with Crippen molar-refractivity contribution in [3.63, 3.8) is 0 Å². The summed E-state index contributed by atoms with van der Waals surface area (Å²) in [4.78, 5) is 11.3. The normalized spacial score (nSPS) is 21.1. The number of carbonyl (C=O) groups is 1. The first-order valence-electron chi connectivity index (χ1n) is 6.39. The molecule has 0 radical (unpaired) electrons. The van der Waals surface area contributed by atoms with Gasteiger partial charge in [-0.1, -0.05) is 0 Å². The molecule has 0 saturated carbocycles. The summed E-state index contributed by atoms with van der Waals surface area (Å²) in [5, 5.41) is 9.64. The third-order valence-electron chi connectivity index (χ3n) is 2.81. The highest BCUT2D eigenvalue weighted by Crippen LogP contribution is 2.07. The van der Waals surface area contributed by atoms with Gasteiger partial charge in [0, 0.05) is 19.0 Å². The third kappa shape index (κ3) is 6.08. The molecule has 0 aromatic carbocycles. The monoisotopic (exact) mass is 227 g/mol. The Morgan fingerprint density at radius 1 is 1.50 bits per heavy atom. The SMILES string of the molecule is CC(C)NC(=O)CCNCC1CCCNC1. The molecule has 16 heavy (non-hydrogen) atoms. The van der Waals surface area contributed by atoms with Gasteiger partial charge in [-0.05, 0) is 52.2 Å². The van der Waals surface area contributed by atoms with Crippen molar-refractivity contribution in [1.29, 1.82) is 0 Å². The van der Waals surface area contributed by atoms with Crippen LogP contribution in [-0.2, 0) is 4.79 Å². The molecule has 0 aromatic rings. The van der Waals surface area contributed by atoms with Crippen LogP contribution in [0.2, 0.25) is 0 Å². The Morgan fingerprint density at radius 2 is 2.31 bits per heavy atom. The molecule has 1 rings (SSSR count). The second-order valence-corrected chi connectivity index (χ2v) is 4.89. The van der Waals surface area contributed by atoms with Gasteiger partial charge in [0.25, 0.3) is 0 Å². The molecule has 4 nitrogen and oxygen atoms in total. The summed E-state index contributed by atoms with van der Waals surface area (Å²) < 4.78 is 0. The second kappa shape index (κ2) is 7.63. The topological polar surface area (TPSA) is 53.2 Å². The lowest BCUT2D eigenvalue weighted by Gasteiger charge is -2.22. The lowest BCUT2D eigenvalue weighted by Crippen LogP contribution is -2.37.